The van der Waals surface area contributed by atoms with E-state index in [9.17, 15) is 0 Å². The minimum absolute atomic E-state index is 0.271. The Morgan fingerprint density at radius 2 is 2.00 bits per heavy atom. The first-order valence-electron chi connectivity index (χ1n) is 6.60. The fourth-order valence-corrected chi connectivity index (χ4v) is 2.41. The summed E-state index contributed by atoms with van der Waals surface area (Å²) in [4.78, 5) is 4.35. The Labute approximate surface area is 122 Å². The average molecular weight is 323 g/mol. The first-order chi connectivity index (χ1) is 9.24. The molecule has 2 aromatic rings. The number of likely N-dealkylation sites (N-methyl/N-ethyl adjacent to an activating group) is 1. The van der Waals surface area contributed by atoms with Crippen molar-refractivity contribution < 1.29 is 0 Å². The van der Waals surface area contributed by atoms with Crippen molar-refractivity contribution in [3.63, 3.8) is 0 Å². The third-order valence-electron chi connectivity index (χ3n) is 3.10. The normalized spacial score (nSPS) is 12.6. The van der Waals surface area contributed by atoms with Gasteiger partial charge in [0.25, 0.3) is 0 Å². The Morgan fingerprint density at radius 3 is 2.63 bits per heavy atom. The van der Waals surface area contributed by atoms with Gasteiger partial charge in [-0.15, -0.1) is 0 Å². The molecule has 0 fully saturated rings. The summed E-state index contributed by atoms with van der Waals surface area (Å²) in [7, 11) is 0. The maximum absolute atomic E-state index is 4.35. The van der Waals surface area contributed by atoms with E-state index in [4.69, 9.17) is 0 Å². The predicted molar refractivity (Wildman–Crippen MR) is 80.0 cm³/mol. The van der Waals surface area contributed by atoms with Crippen molar-refractivity contribution in [3.8, 4) is 0 Å². The molecule has 0 radical (unpaired) electrons. The Kier molecular flexibility index (Phi) is 5.10. The van der Waals surface area contributed by atoms with Crippen molar-refractivity contribution in [3.05, 3.63) is 46.5 Å². The molecule has 1 aromatic carbocycles. The molecule has 102 valence electrons. The van der Waals surface area contributed by atoms with Gasteiger partial charge in [-0.2, -0.15) is 5.10 Å². The summed E-state index contributed by atoms with van der Waals surface area (Å²) in [5.74, 6) is 1.02. The zero-order valence-electron chi connectivity index (χ0n) is 11.3. The van der Waals surface area contributed by atoms with Crippen LogP contribution in [0.4, 0.5) is 0 Å². The van der Waals surface area contributed by atoms with Crippen LogP contribution in [0, 0.1) is 0 Å². The molecule has 1 aromatic heterocycles. The summed E-state index contributed by atoms with van der Waals surface area (Å²) in [5, 5.41) is 7.74. The minimum Gasteiger partial charge on any atom is -0.310 e. The second kappa shape index (κ2) is 6.82. The number of halogens is 1. The molecule has 1 N–H and O–H groups in total. The van der Waals surface area contributed by atoms with Gasteiger partial charge in [0.2, 0.25) is 0 Å². The molecule has 4 nitrogen and oxygen atoms in total. The van der Waals surface area contributed by atoms with Gasteiger partial charge in [0, 0.05) is 23.5 Å². The van der Waals surface area contributed by atoms with Gasteiger partial charge in [0.1, 0.15) is 12.2 Å². The monoisotopic (exact) mass is 322 g/mol. The van der Waals surface area contributed by atoms with Gasteiger partial charge >= 0.3 is 0 Å². The molecule has 0 spiro atoms. The fourth-order valence-electron chi connectivity index (χ4n) is 2.14. The summed E-state index contributed by atoms with van der Waals surface area (Å²) in [6, 6.07) is 8.70. The van der Waals surface area contributed by atoms with Crippen LogP contribution in [0.5, 0.6) is 0 Å². The van der Waals surface area contributed by atoms with E-state index in [1.807, 2.05) is 4.68 Å². The van der Waals surface area contributed by atoms with Crippen LogP contribution in [0.2, 0.25) is 0 Å². The molecule has 2 rings (SSSR count). The molecule has 0 aliphatic heterocycles. The summed E-state index contributed by atoms with van der Waals surface area (Å²) in [5.41, 5.74) is 1.27. The molecule has 0 bridgehead atoms. The maximum atomic E-state index is 4.35. The third kappa shape index (κ3) is 3.64. The van der Waals surface area contributed by atoms with Crippen LogP contribution in [0.1, 0.15) is 31.3 Å². The van der Waals surface area contributed by atoms with Gasteiger partial charge in [0.15, 0.2) is 0 Å². The van der Waals surface area contributed by atoms with Crippen molar-refractivity contribution in [1.82, 2.24) is 20.1 Å². The number of nitrogens with one attached hydrogen (secondary N) is 1. The van der Waals surface area contributed by atoms with Gasteiger partial charge in [-0.1, -0.05) is 35.0 Å². The van der Waals surface area contributed by atoms with Crippen LogP contribution in [0.25, 0.3) is 0 Å². The first kappa shape index (κ1) is 14.2. The van der Waals surface area contributed by atoms with E-state index in [2.05, 4.69) is 69.4 Å². The van der Waals surface area contributed by atoms with Crippen molar-refractivity contribution in [2.24, 2.45) is 0 Å². The largest absolute Gasteiger partial charge is 0.310 e. The lowest BCUT2D eigenvalue weighted by Gasteiger charge is -2.18. The number of aryl methyl sites for hydroxylation is 1. The van der Waals surface area contributed by atoms with Crippen LogP contribution >= 0.6 is 15.9 Å². The van der Waals surface area contributed by atoms with Crippen LogP contribution in [0.15, 0.2) is 35.1 Å². The lowest BCUT2D eigenvalue weighted by atomic mass is 10.0. The van der Waals surface area contributed by atoms with Crippen molar-refractivity contribution in [1.29, 1.82) is 0 Å². The van der Waals surface area contributed by atoms with Crippen molar-refractivity contribution in [2.75, 3.05) is 6.54 Å². The lowest BCUT2D eigenvalue weighted by Crippen LogP contribution is -2.24. The number of rotatable bonds is 6. The van der Waals surface area contributed by atoms with Gasteiger partial charge in [-0.05, 0) is 31.2 Å². The van der Waals surface area contributed by atoms with Crippen LogP contribution in [-0.4, -0.2) is 21.3 Å². The molecular formula is C14H19BrN4. The smallest absolute Gasteiger partial charge is 0.138 e. The zero-order chi connectivity index (χ0) is 13.7. The Balaban J connectivity index is 2.18. The highest BCUT2D eigenvalue weighted by Gasteiger charge is 2.14. The second-order valence-corrected chi connectivity index (χ2v) is 5.27. The highest BCUT2D eigenvalue weighted by molar-refractivity contribution is 9.10. The van der Waals surface area contributed by atoms with E-state index in [1.54, 1.807) is 6.33 Å². The highest BCUT2D eigenvalue weighted by atomic mass is 79.9. The van der Waals surface area contributed by atoms with Gasteiger partial charge in [-0.3, -0.25) is 4.68 Å². The summed E-state index contributed by atoms with van der Waals surface area (Å²) in [6.07, 6.45) is 2.48. The quantitative estimate of drug-likeness (QED) is 0.889. The molecule has 19 heavy (non-hydrogen) atoms. The number of aromatic nitrogens is 3. The third-order valence-corrected chi connectivity index (χ3v) is 3.63. The lowest BCUT2D eigenvalue weighted by molar-refractivity contribution is 0.509. The molecule has 1 atom stereocenters. The zero-order valence-corrected chi connectivity index (χ0v) is 12.9. The molecular weight excluding hydrogens is 304 g/mol. The van der Waals surface area contributed by atoms with E-state index in [0.717, 1.165) is 29.8 Å². The molecule has 5 heteroatoms. The number of nitrogens with zero attached hydrogens (tertiary/aromatic N) is 3. The standard InChI is InChI=1S/C14H19BrN4/c1-3-16-13(11-5-7-12(15)8-6-11)9-14-17-10-18-19(14)4-2/h5-8,10,13,16H,3-4,9H2,1-2H3. The van der Waals surface area contributed by atoms with E-state index in [1.165, 1.54) is 5.56 Å². The van der Waals surface area contributed by atoms with Gasteiger partial charge < -0.3 is 5.32 Å². The van der Waals surface area contributed by atoms with E-state index < -0.39 is 0 Å². The predicted octanol–water partition coefficient (Wildman–Crippen LogP) is 2.95. The highest BCUT2D eigenvalue weighted by Crippen LogP contribution is 2.20. The second-order valence-electron chi connectivity index (χ2n) is 4.36. The maximum Gasteiger partial charge on any atom is 0.138 e. The SMILES string of the molecule is CCNC(Cc1ncnn1CC)c1ccc(Br)cc1. The molecule has 0 aliphatic carbocycles. The van der Waals surface area contributed by atoms with E-state index in [0.29, 0.717) is 0 Å². The average Bonchev–Trinajstić information content (AvgIpc) is 2.86. The molecule has 1 unspecified atom stereocenters. The molecule has 0 saturated heterocycles. The summed E-state index contributed by atoms with van der Waals surface area (Å²) < 4.78 is 3.05. The fraction of sp³-hybridized carbons (Fsp3) is 0.429. The molecule has 1 heterocycles. The van der Waals surface area contributed by atoms with Crippen LogP contribution in [0.3, 0.4) is 0 Å². The number of hydrogen-bond acceptors (Lipinski definition) is 3. The van der Waals surface area contributed by atoms with Crippen LogP contribution in [-0.2, 0) is 13.0 Å². The molecule has 0 amide bonds. The minimum atomic E-state index is 0.271. The Morgan fingerprint density at radius 1 is 1.26 bits per heavy atom. The Hall–Kier alpha value is -1.20. The topological polar surface area (TPSA) is 42.7 Å². The van der Waals surface area contributed by atoms with Gasteiger partial charge in [0.05, 0.1) is 0 Å². The number of hydrogen-bond donors (Lipinski definition) is 1. The molecule has 0 aliphatic rings. The van der Waals surface area contributed by atoms with Gasteiger partial charge in [-0.25, -0.2) is 4.98 Å². The number of benzene rings is 1. The molecule has 0 saturated carbocycles. The van der Waals surface area contributed by atoms with E-state index in [-0.39, 0.29) is 6.04 Å². The summed E-state index contributed by atoms with van der Waals surface area (Å²) in [6.45, 7) is 5.99. The van der Waals surface area contributed by atoms with Crippen molar-refractivity contribution >= 4 is 15.9 Å². The van der Waals surface area contributed by atoms with Crippen molar-refractivity contribution in [2.45, 2.75) is 32.9 Å². The first-order valence-corrected chi connectivity index (χ1v) is 7.39. The van der Waals surface area contributed by atoms with Crippen LogP contribution < -0.4 is 5.32 Å². The van der Waals surface area contributed by atoms with E-state index >= 15 is 0 Å². The summed E-state index contributed by atoms with van der Waals surface area (Å²) >= 11 is 3.47. The Bertz CT molecular complexity index is 506.